The van der Waals surface area contributed by atoms with Gasteiger partial charge in [0, 0.05) is 32.7 Å². The highest BCUT2D eigenvalue weighted by atomic mass is 35.5. The van der Waals surface area contributed by atoms with E-state index < -0.39 is 6.10 Å². The highest BCUT2D eigenvalue weighted by Crippen LogP contribution is 2.29. The van der Waals surface area contributed by atoms with Gasteiger partial charge in [-0.1, -0.05) is 12.1 Å². The predicted octanol–water partition coefficient (Wildman–Crippen LogP) is 1.30. The van der Waals surface area contributed by atoms with Crippen LogP contribution >= 0.6 is 24.8 Å². The summed E-state index contributed by atoms with van der Waals surface area (Å²) in [4.78, 5) is 16.6. The lowest BCUT2D eigenvalue weighted by atomic mass is 10.1. The number of aliphatic hydroxyl groups is 1. The number of carbonyl (C=O) groups excluding carboxylic acids is 1. The van der Waals surface area contributed by atoms with Crippen molar-refractivity contribution in [2.75, 3.05) is 44.2 Å². The molecule has 0 bridgehead atoms. The minimum absolute atomic E-state index is 0. The van der Waals surface area contributed by atoms with Crippen LogP contribution in [0, 0.1) is 0 Å². The van der Waals surface area contributed by atoms with Gasteiger partial charge in [0.25, 0.3) is 0 Å². The van der Waals surface area contributed by atoms with Gasteiger partial charge in [-0.05, 0) is 25.5 Å². The summed E-state index contributed by atoms with van der Waals surface area (Å²) in [5.41, 5.74) is 1.09. The van der Waals surface area contributed by atoms with E-state index in [2.05, 4.69) is 16.3 Å². The Morgan fingerprint density at radius 3 is 2.52 bits per heavy atom. The third kappa shape index (κ3) is 5.14. The van der Waals surface area contributed by atoms with Crippen molar-refractivity contribution in [1.29, 1.82) is 0 Å². The molecular weight excluding hydrogens is 365 g/mol. The van der Waals surface area contributed by atoms with E-state index in [4.69, 9.17) is 4.74 Å². The molecule has 2 aliphatic heterocycles. The smallest absolute Gasteiger partial charge is 0.239 e. The monoisotopic (exact) mass is 391 g/mol. The van der Waals surface area contributed by atoms with Crippen LogP contribution in [0.5, 0.6) is 5.75 Å². The van der Waals surface area contributed by atoms with Crippen LogP contribution in [0.1, 0.15) is 13.3 Å². The quantitative estimate of drug-likeness (QED) is 0.809. The molecule has 1 aromatic carbocycles. The fourth-order valence-corrected chi connectivity index (χ4v) is 3.29. The highest BCUT2D eigenvalue weighted by molar-refractivity contribution is 5.85. The fourth-order valence-electron chi connectivity index (χ4n) is 3.29. The second-order valence-corrected chi connectivity index (χ2v) is 6.06. The lowest BCUT2D eigenvalue weighted by molar-refractivity contribution is -0.133. The van der Waals surface area contributed by atoms with Gasteiger partial charge in [-0.2, -0.15) is 0 Å². The summed E-state index contributed by atoms with van der Waals surface area (Å²) >= 11 is 0. The van der Waals surface area contributed by atoms with Crippen LogP contribution in [0.4, 0.5) is 5.69 Å². The van der Waals surface area contributed by atoms with E-state index in [1.807, 2.05) is 30.0 Å². The van der Waals surface area contributed by atoms with Gasteiger partial charge in [0.2, 0.25) is 5.91 Å². The molecule has 25 heavy (non-hydrogen) atoms. The first-order chi connectivity index (χ1) is 11.2. The first kappa shape index (κ1) is 21.8. The molecule has 1 amide bonds. The van der Waals surface area contributed by atoms with Crippen molar-refractivity contribution >= 4 is 36.4 Å². The third-order valence-corrected chi connectivity index (χ3v) is 4.50. The molecule has 2 heterocycles. The van der Waals surface area contributed by atoms with Crippen molar-refractivity contribution in [3.8, 4) is 5.75 Å². The Kier molecular flexibility index (Phi) is 8.79. The molecule has 0 radical (unpaired) electrons. The van der Waals surface area contributed by atoms with Gasteiger partial charge in [-0.15, -0.1) is 24.8 Å². The Balaban J connectivity index is 0.00000156. The third-order valence-electron chi connectivity index (χ3n) is 4.50. The van der Waals surface area contributed by atoms with Crippen molar-refractivity contribution < 1.29 is 14.6 Å². The Hall–Kier alpha value is -1.21. The number of piperazine rings is 1. The maximum atomic E-state index is 12.5. The van der Waals surface area contributed by atoms with Gasteiger partial charge in [0.15, 0.2) is 0 Å². The summed E-state index contributed by atoms with van der Waals surface area (Å²) in [5.74, 6) is 1.01. The number of ether oxygens (including phenoxy) is 1. The number of anilines is 1. The predicted molar refractivity (Wildman–Crippen MR) is 103 cm³/mol. The topological polar surface area (TPSA) is 65.0 Å². The number of nitrogens with zero attached hydrogens (tertiary/aromatic N) is 2. The molecule has 2 aliphatic rings. The zero-order valence-electron chi connectivity index (χ0n) is 14.4. The molecule has 2 fully saturated rings. The molecule has 2 unspecified atom stereocenters. The van der Waals surface area contributed by atoms with E-state index in [0.29, 0.717) is 32.7 Å². The standard InChI is InChI=1S/C17H25N3O3.2ClH/c1-2-23-16-6-4-3-5-15(16)19-7-9-20(10-8-19)17(22)14-11-13(21)12-18-14;;/h3-6,13-14,18,21H,2,7-12H2,1H3;2*1H. The molecule has 2 N–H and O–H groups in total. The number of β-amino-alcohol motifs (C(OH)–C–C–N with tert-alkyl or cyclic N) is 1. The summed E-state index contributed by atoms with van der Waals surface area (Å²) in [7, 11) is 0. The number of hydrogen-bond acceptors (Lipinski definition) is 5. The fraction of sp³-hybridized carbons (Fsp3) is 0.588. The van der Waals surface area contributed by atoms with Crippen LogP contribution in [0.15, 0.2) is 24.3 Å². The van der Waals surface area contributed by atoms with Gasteiger partial charge in [-0.25, -0.2) is 0 Å². The summed E-state index contributed by atoms with van der Waals surface area (Å²) in [5, 5.41) is 12.7. The second kappa shape index (κ2) is 10.1. The minimum atomic E-state index is -0.400. The molecule has 2 atom stereocenters. The van der Waals surface area contributed by atoms with Gasteiger partial charge in [0.05, 0.1) is 24.4 Å². The van der Waals surface area contributed by atoms with Crippen LogP contribution < -0.4 is 15.0 Å². The highest BCUT2D eigenvalue weighted by Gasteiger charge is 2.32. The first-order valence-electron chi connectivity index (χ1n) is 8.36. The van der Waals surface area contributed by atoms with Crippen LogP contribution in [-0.4, -0.2) is 67.4 Å². The van der Waals surface area contributed by atoms with Crippen molar-refractivity contribution in [3.63, 3.8) is 0 Å². The molecule has 6 nitrogen and oxygen atoms in total. The molecule has 142 valence electrons. The molecule has 0 saturated carbocycles. The van der Waals surface area contributed by atoms with Crippen LogP contribution in [0.3, 0.4) is 0 Å². The van der Waals surface area contributed by atoms with Crippen molar-refractivity contribution in [2.24, 2.45) is 0 Å². The number of benzene rings is 1. The molecule has 1 aromatic rings. The van der Waals surface area contributed by atoms with E-state index in [1.165, 1.54) is 0 Å². The SMILES string of the molecule is CCOc1ccccc1N1CCN(C(=O)C2CC(O)CN2)CC1.Cl.Cl. The van der Waals surface area contributed by atoms with E-state index in [1.54, 1.807) is 0 Å². The van der Waals surface area contributed by atoms with Gasteiger partial charge < -0.3 is 25.0 Å². The van der Waals surface area contributed by atoms with E-state index in [9.17, 15) is 9.90 Å². The Labute approximate surface area is 161 Å². The number of carbonyl (C=O) groups is 1. The normalized spacial score (nSPS) is 22.8. The van der Waals surface area contributed by atoms with Crippen LogP contribution in [0.25, 0.3) is 0 Å². The van der Waals surface area contributed by atoms with Crippen LogP contribution in [0.2, 0.25) is 0 Å². The zero-order valence-corrected chi connectivity index (χ0v) is 16.0. The molecule has 2 saturated heterocycles. The molecule has 0 aliphatic carbocycles. The Morgan fingerprint density at radius 1 is 1.24 bits per heavy atom. The molecular formula is C17H27Cl2N3O3. The average molecular weight is 392 g/mol. The number of hydrogen-bond donors (Lipinski definition) is 2. The number of amides is 1. The van der Waals surface area contributed by atoms with Crippen molar-refractivity contribution in [2.45, 2.75) is 25.5 Å². The lowest BCUT2D eigenvalue weighted by Crippen LogP contribution is -2.53. The zero-order chi connectivity index (χ0) is 16.2. The number of halogens is 2. The van der Waals surface area contributed by atoms with E-state index >= 15 is 0 Å². The molecule has 0 spiro atoms. The summed E-state index contributed by atoms with van der Waals surface area (Å²) in [6.45, 7) is 6.14. The van der Waals surface area contributed by atoms with Gasteiger partial charge >= 0.3 is 0 Å². The summed E-state index contributed by atoms with van der Waals surface area (Å²) in [6.07, 6.45) is 0.120. The maximum absolute atomic E-state index is 12.5. The molecule has 8 heteroatoms. The summed E-state index contributed by atoms with van der Waals surface area (Å²) in [6, 6.07) is 7.81. The van der Waals surface area contributed by atoms with Gasteiger partial charge in [0.1, 0.15) is 5.75 Å². The van der Waals surface area contributed by atoms with Crippen molar-refractivity contribution in [1.82, 2.24) is 10.2 Å². The second-order valence-electron chi connectivity index (χ2n) is 6.06. The van der Waals surface area contributed by atoms with Crippen molar-refractivity contribution in [3.05, 3.63) is 24.3 Å². The van der Waals surface area contributed by atoms with E-state index in [0.717, 1.165) is 24.5 Å². The summed E-state index contributed by atoms with van der Waals surface area (Å²) < 4.78 is 5.70. The Bertz CT molecular complexity index is 554. The average Bonchev–Trinajstić information content (AvgIpc) is 3.02. The Morgan fingerprint density at radius 2 is 1.92 bits per heavy atom. The lowest BCUT2D eigenvalue weighted by Gasteiger charge is -2.37. The maximum Gasteiger partial charge on any atom is 0.239 e. The van der Waals surface area contributed by atoms with E-state index in [-0.39, 0.29) is 36.8 Å². The number of para-hydroxylation sites is 2. The van der Waals surface area contributed by atoms with Gasteiger partial charge in [-0.3, -0.25) is 4.79 Å². The minimum Gasteiger partial charge on any atom is -0.492 e. The number of aliphatic hydroxyl groups excluding tert-OH is 1. The largest absolute Gasteiger partial charge is 0.492 e. The first-order valence-corrected chi connectivity index (χ1v) is 8.36. The molecule has 0 aromatic heterocycles. The number of nitrogens with one attached hydrogen (secondary N) is 1. The number of rotatable bonds is 4. The molecule has 3 rings (SSSR count). The van der Waals surface area contributed by atoms with Crippen LogP contribution in [-0.2, 0) is 4.79 Å².